The number of nitrogens with zero attached hydrogens (tertiary/aromatic N) is 2. The summed E-state index contributed by atoms with van der Waals surface area (Å²) < 4.78 is 5.29. The highest BCUT2D eigenvalue weighted by atomic mass is 35.5. The molecule has 0 radical (unpaired) electrons. The summed E-state index contributed by atoms with van der Waals surface area (Å²) in [5.74, 6) is -0.580. The summed E-state index contributed by atoms with van der Waals surface area (Å²) in [6, 6.07) is 20.4. The summed E-state index contributed by atoms with van der Waals surface area (Å²) in [5, 5.41) is 12.9. The number of nitriles is 1. The minimum absolute atomic E-state index is 0.0790. The van der Waals surface area contributed by atoms with Crippen LogP contribution in [0.4, 0.5) is 5.69 Å². The normalized spacial score (nSPS) is 16.7. The molecule has 2 heterocycles. The molecule has 0 bridgehead atoms. The van der Waals surface area contributed by atoms with Gasteiger partial charge in [-0.15, -0.1) is 0 Å². The monoisotopic (exact) mass is 433 g/mol. The van der Waals surface area contributed by atoms with E-state index in [4.69, 9.17) is 16.0 Å². The molecule has 1 saturated heterocycles. The van der Waals surface area contributed by atoms with Gasteiger partial charge in [0, 0.05) is 23.7 Å². The van der Waals surface area contributed by atoms with Gasteiger partial charge in [0.15, 0.2) is 0 Å². The van der Waals surface area contributed by atoms with Crippen LogP contribution in [-0.2, 0) is 16.1 Å². The number of likely N-dealkylation sites (tertiary alicyclic amines) is 1. The van der Waals surface area contributed by atoms with Gasteiger partial charge in [-0.25, -0.2) is 0 Å². The first-order valence-electron chi connectivity index (χ1n) is 9.90. The van der Waals surface area contributed by atoms with Crippen molar-refractivity contribution in [1.82, 2.24) is 4.90 Å². The summed E-state index contributed by atoms with van der Waals surface area (Å²) in [4.78, 5) is 26.6. The smallest absolute Gasteiger partial charge is 0.229 e. The van der Waals surface area contributed by atoms with Crippen LogP contribution in [0.3, 0.4) is 0 Å². The number of amides is 2. The van der Waals surface area contributed by atoms with Crippen molar-refractivity contribution in [3.8, 4) is 6.07 Å². The molecule has 1 aliphatic rings. The molecule has 6 nitrogen and oxygen atoms in total. The van der Waals surface area contributed by atoms with Crippen molar-refractivity contribution in [2.24, 2.45) is 5.92 Å². The molecule has 2 unspecified atom stereocenters. The number of halogens is 1. The van der Waals surface area contributed by atoms with Gasteiger partial charge in [0.2, 0.25) is 11.8 Å². The molecule has 2 atom stereocenters. The van der Waals surface area contributed by atoms with Gasteiger partial charge in [-0.2, -0.15) is 5.26 Å². The molecule has 2 aromatic carbocycles. The van der Waals surface area contributed by atoms with E-state index in [1.54, 1.807) is 41.5 Å². The van der Waals surface area contributed by atoms with Crippen molar-refractivity contribution < 1.29 is 14.0 Å². The van der Waals surface area contributed by atoms with Crippen molar-refractivity contribution in [3.05, 3.63) is 88.8 Å². The van der Waals surface area contributed by atoms with Gasteiger partial charge in [0.25, 0.3) is 0 Å². The lowest BCUT2D eigenvalue weighted by Gasteiger charge is -2.16. The summed E-state index contributed by atoms with van der Waals surface area (Å²) >= 11 is 6.45. The van der Waals surface area contributed by atoms with E-state index in [1.165, 1.54) is 0 Å². The van der Waals surface area contributed by atoms with Gasteiger partial charge in [-0.3, -0.25) is 9.59 Å². The van der Waals surface area contributed by atoms with E-state index in [2.05, 4.69) is 11.4 Å². The van der Waals surface area contributed by atoms with Crippen LogP contribution in [0.25, 0.3) is 0 Å². The molecule has 2 amide bonds. The first kappa shape index (κ1) is 20.7. The number of hydrogen-bond acceptors (Lipinski definition) is 4. The van der Waals surface area contributed by atoms with Crippen LogP contribution in [0.15, 0.2) is 71.3 Å². The van der Waals surface area contributed by atoms with E-state index in [9.17, 15) is 14.9 Å². The molecule has 7 heteroatoms. The fraction of sp³-hybridized carbons (Fsp3) is 0.208. The zero-order chi connectivity index (χ0) is 21.8. The number of carbonyl (C=O) groups excluding carboxylic acids is 2. The van der Waals surface area contributed by atoms with Crippen molar-refractivity contribution in [3.63, 3.8) is 0 Å². The zero-order valence-corrected chi connectivity index (χ0v) is 17.4. The van der Waals surface area contributed by atoms with Crippen LogP contribution in [0.1, 0.15) is 29.2 Å². The Bertz CT molecular complexity index is 1120. The molecule has 3 aromatic rings. The summed E-state index contributed by atoms with van der Waals surface area (Å²) in [6.07, 6.45) is 1.71. The number of carbonyl (C=O) groups is 2. The molecular weight excluding hydrogens is 414 g/mol. The average molecular weight is 434 g/mol. The summed E-state index contributed by atoms with van der Waals surface area (Å²) in [6.45, 7) is 0.687. The minimum Gasteiger partial charge on any atom is -0.467 e. The first-order chi connectivity index (χ1) is 15.0. The van der Waals surface area contributed by atoms with Crippen molar-refractivity contribution >= 4 is 29.1 Å². The lowest BCUT2D eigenvalue weighted by molar-refractivity contribution is -0.128. The molecule has 0 spiro atoms. The Balaban J connectivity index is 1.43. The molecule has 31 heavy (non-hydrogen) atoms. The Kier molecular flexibility index (Phi) is 6.06. The Morgan fingerprint density at radius 3 is 2.71 bits per heavy atom. The maximum atomic E-state index is 12.7. The standard InChI is InChI=1S/C24H20ClN3O3/c25-22-12-18(8-9-20(22)21(13-26)16-5-2-1-3-6-16)27-24(30)17-11-23(29)28(14-17)15-19-7-4-10-31-19/h1-10,12,17,21H,11,14-15H2,(H,27,30). The summed E-state index contributed by atoms with van der Waals surface area (Å²) in [5.41, 5.74) is 2.05. The number of hydrogen-bond donors (Lipinski definition) is 1. The van der Waals surface area contributed by atoms with Gasteiger partial charge >= 0.3 is 0 Å². The maximum absolute atomic E-state index is 12.7. The van der Waals surface area contributed by atoms with Crippen LogP contribution in [0.5, 0.6) is 0 Å². The Morgan fingerprint density at radius 1 is 1.23 bits per heavy atom. The number of nitrogens with one attached hydrogen (secondary N) is 1. The highest BCUT2D eigenvalue weighted by Gasteiger charge is 2.34. The predicted octanol–water partition coefficient (Wildman–Crippen LogP) is 4.58. The maximum Gasteiger partial charge on any atom is 0.229 e. The quantitative estimate of drug-likeness (QED) is 0.616. The first-order valence-corrected chi connectivity index (χ1v) is 10.3. The van der Waals surface area contributed by atoms with Crippen molar-refractivity contribution in [2.45, 2.75) is 18.9 Å². The predicted molar refractivity (Wildman–Crippen MR) is 116 cm³/mol. The van der Waals surface area contributed by atoms with E-state index in [0.29, 0.717) is 35.1 Å². The second kappa shape index (κ2) is 9.07. The zero-order valence-electron chi connectivity index (χ0n) is 16.6. The molecule has 1 aliphatic heterocycles. The number of furan rings is 1. The molecule has 0 saturated carbocycles. The van der Waals surface area contributed by atoms with Crippen molar-refractivity contribution in [1.29, 1.82) is 5.26 Å². The van der Waals surface area contributed by atoms with E-state index in [0.717, 1.165) is 5.56 Å². The highest BCUT2D eigenvalue weighted by molar-refractivity contribution is 6.31. The van der Waals surface area contributed by atoms with E-state index in [-0.39, 0.29) is 18.2 Å². The third-order valence-electron chi connectivity index (χ3n) is 5.35. The van der Waals surface area contributed by atoms with Crippen LogP contribution in [0, 0.1) is 17.2 Å². The minimum atomic E-state index is -0.499. The van der Waals surface area contributed by atoms with Gasteiger partial charge in [-0.05, 0) is 35.4 Å². The molecule has 1 N–H and O–H groups in total. The summed E-state index contributed by atoms with van der Waals surface area (Å²) in [7, 11) is 0. The molecule has 156 valence electrons. The van der Waals surface area contributed by atoms with E-state index < -0.39 is 11.8 Å². The van der Waals surface area contributed by atoms with E-state index in [1.807, 2.05) is 30.3 Å². The second-order valence-corrected chi connectivity index (χ2v) is 7.86. The molecule has 1 fully saturated rings. The van der Waals surface area contributed by atoms with Gasteiger partial charge in [0.1, 0.15) is 5.76 Å². The number of anilines is 1. The molecule has 0 aliphatic carbocycles. The largest absolute Gasteiger partial charge is 0.467 e. The van der Waals surface area contributed by atoms with E-state index >= 15 is 0 Å². The fourth-order valence-electron chi connectivity index (χ4n) is 3.74. The van der Waals surface area contributed by atoms with Gasteiger partial charge in [-0.1, -0.05) is 48.0 Å². The molecular formula is C24H20ClN3O3. The lowest BCUT2D eigenvalue weighted by Crippen LogP contribution is -2.27. The Labute approximate surface area is 185 Å². The Hall–Kier alpha value is -3.56. The highest BCUT2D eigenvalue weighted by Crippen LogP contribution is 2.32. The SMILES string of the molecule is N#CC(c1ccccc1)c1ccc(NC(=O)C2CC(=O)N(Cc3ccco3)C2)cc1Cl. The second-order valence-electron chi connectivity index (χ2n) is 7.45. The third kappa shape index (κ3) is 4.62. The number of rotatable bonds is 6. The van der Waals surface area contributed by atoms with Crippen LogP contribution < -0.4 is 5.32 Å². The van der Waals surface area contributed by atoms with Crippen LogP contribution >= 0.6 is 11.6 Å². The van der Waals surface area contributed by atoms with Crippen molar-refractivity contribution in [2.75, 3.05) is 11.9 Å². The topological polar surface area (TPSA) is 86.3 Å². The van der Waals surface area contributed by atoms with Gasteiger partial charge in [0.05, 0.1) is 30.7 Å². The fourth-order valence-corrected chi connectivity index (χ4v) is 4.03. The van der Waals surface area contributed by atoms with Crippen LogP contribution in [0.2, 0.25) is 5.02 Å². The van der Waals surface area contributed by atoms with Gasteiger partial charge < -0.3 is 14.6 Å². The third-order valence-corrected chi connectivity index (χ3v) is 5.68. The number of benzene rings is 2. The Morgan fingerprint density at radius 2 is 2.03 bits per heavy atom. The molecule has 1 aromatic heterocycles. The average Bonchev–Trinajstić information content (AvgIpc) is 3.41. The lowest BCUT2D eigenvalue weighted by atomic mass is 9.92. The molecule has 4 rings (SSSR count). The van der Waals surface area contributed by atoms with Crippen LogP contribution in [-0.4, -0.2) is 23.3 Å².